The number of nitrogens with zero attached hydrogens (tertiary/aromatic N) is 1. The number of hydrogen-bond acceptors (Lipinski definition) is 5. The molecular formula is C19H18N2O5. The molecular weight excluding hydrogens is 336 g/mol. The van der Waals surface area contributed by atoms with Gasteiger partial charge in [-0.15, -0.1) is 0 Å². The van der Waals surface area contributed by atoms with Crippen LogP contribution in [0.1, 0.15) is 30.0 Å². The van der Waals surface area contributed by atoms with Crippen LogP contribution in [0.25, 0.3) is 17.4 Å². The lowest BCUT2D eigenvalue weighted by atomic mass is 10.1. The summed E-state index contributed by atoms with van der Waals surface area (Å²) in [6.45, 7) is 4.10. The van der Waals surface area contributed by atoms with Gasteiger partial charge in [-0.25, -0.2) is 9.59 Å². The van der Waals surface area contributed by atoms with E-state index >= 15 is 0 Å². The first-order chi connectivity index (χ1) is 12.5. The number of esters is 1. The fourth-order valence-electron chi connectivity index (χ4n) is 2.57. The maximum absolute atomic E-state index is 12.1. The molecule has 1 fully saturated rings. The molecule has 1 saturated heterocycles. The Bertz CT molecular complexity index is 880. The van der Waals surface area contributed by atoms with E-state index in [1.165, 1.54) is 6.08 Å². The number of amides is 3. The number of hydrogen-bond donors (Lipinski definition) is 1. The Morgan fingerprint density at radius 1 is 1.15 bits per heavy atom. The number of urea groups is 1. The lowest BCUT2D eigenvalue weighted by molar-refractivity contribution is -0.122. The third kappa shape index (κ3) is 3.37. The van der Waals surface area contributed by atoms with Crippen LogP contribution in [0.2, 0.25) is 0 Å². The van der Waals surface area contributed by atoms with E-state index in [1.54, 1.807) is 50.2 Å². The number of ether oxygens (including phenoxy) is 1. The lowest BCUT2D eigenvalue weighted by Gasteiger charge is -2.05. The summed E-state index contributed by atoms with van der Waals surface area (Å²) in [5.41, 5.74) is 1.42. The Balaban J connectivity index is 1.78. The van der Waals surface area contributed by atoms with Gasteiger partial charge in [0, 0.05) is 18.2 Å². The second-order valence-electron chi connectivity index (χ2n) is 5.54. The SMILES string of the molecule is CCOC(=O)c1ccc(-c2ccc(/C=C3\NC(=O)N(CC)C3=O)o2)cc1. The van der Waals surface area contributed by atoms with Gasteiger partial charge in [-0.05, 0) is 38.1 Å². The molecule has 7 nitrogen and oxygen atoms in total. The van der Waals surface area contributed by atoms with Crippen molar-refractivity contribution in [3.05, 3.63) is 53.4 Å². The largest absolute Gasteiger partial charge is 0.462 e. The topological polar surface area (TPSA) is 88.9 Å². The van der Waals surface area contributed by atoms with Crippen LogP contribution in [0, 0.1) is 0 Å². The molecule has 1 aliphatic heterocycles. The Labute approximate surface area is 150 Å². The summed E-state index contributed by atoms with van der Waals surface area (Å²) in [5, 5.41) is 2.52. The van der Waals surface area contributed by atoms with Crippen molar-refractivity contribution in [2.75, 3.05) is 13.2 Å². The smallest absolute Gasteiger partial charge is 0.338 e. The average Bonchev–Trinajstić information content (AvgIpc) is 3.20. The first-order valence-corrected chi connectivity index (χ1v) is 8.25. The fourth-order valence-corrected chi connectivity index (χ4v) is 2.57. The molecule has 3 rings (SSSR count). The molecule has 134 valence electrons. The Morgan fingerprint density at radius 3 is 2.50 bits per heavy atom. The zero-order valence-corrected chi connectivity index (χ0v) is 14.4. The van der Waals surface area contributed by atoms with Crippen LogP contribution in [0.4, 0.5) is 4.79 Å². The maximum atomic E-state index is 12.1. The third-order valence-electron chi connectivity index (χ3n) is 3.87. The normalized spacial score (nSPS) is 15.5. The Hall–Kier alpha value is -3.35. The number of carbonyl (C=O) groups excluding carboxylic acids is 3. The van der Waals surface area contributed by atoms with Crippen LogP contribution >= 0.6 is 0 Å². The molecule has 1 aromatic carbocycles. The number of imide groups is 1. The first kappa shape index (κ1) is 17.5. The monoisotopic (exact) mass is 354 g/mol. The summed E-state index contributed by atoms with van der Waals surface area (Å²) in [5.74, 6) is 0.265. The fraction of sp³-hybridized carbons (Fsp3) is 0.211. The second kappa shape index (κ2) is 7.26. The molecule has 7 heteroatoms. The second-order valence-corrected chi connectivity index (χ2v) is 5.54. The summed E-state index contributed by atoms with van der Waals surface area (Å²) < 4.78 is 10.7. The molecule has 0 unspecified atom stereocenters. The van der Waals surface area contributed by atoms with E-state index in [-0.39, 0.29) is 17.6 Å². The first-order valence-electron chi connectivity index (χ1n) is 8.25. The third-order valence-corrected chi connectivity index (χ3v) is 3.87. The van der Waals surface area contributed by atoms with Gasteiger partial charge in [0.25, 0.3) is 5.91 Å². The minimum absolute atomic E-state index is 0.176. The molecule has 1 aliphatic rings. The van der Waals surface area contributed by atoms with Crippen molar-refractivity contribution in [1.82, 2.24) is 10.2 Å². The quantitative estimate of drug-likeness (QED) is 0.506. The summed E-state index contributed by atoms with van der Waals surface area (Å²) in [4.78, 5) is 36.5. The number of rotatable bonds is 5. The molecule has 1 aromatic heterocycles. The van der Waals surface area contributed by atoms with Gasteiger partial charge < -0.3 is 14.5 Å². The number of likely N-dealkylation sites (N-methyl/N-ethyl adjacent to an activating group) is 1. The van der Waals surface area contributed by atoms with Gasteiger partial charge in [-0.1, -0.05) is 12.1 Å². The van der Waals surface area contributed by atoms with Crippen molar-refractivity contribution in [3.8, 4) is 11.3 Å². The summed E-state index contributed by atoms with van der Waals surface area (Å²) in [6, 6.07) is 9.85. The van der Waals surface area contributed by atoms with Gasteiger partial charge in [0.05, 0.1) is 12.2 Å². The Kier molecular flexibility index (Phi) is 4.88. The minimum Gasteiger partial charge on any atom is -0.462 e. The van der Waals surface area contributed by atoms with E-state index in [4.69, 9.17) is 9.15 Å². The van der Waals surface area contributed by atoms with E-state index in [0.717, 1.165) is 10.5 Å². The van der Waals surface area contributed by atoms with Gasteiger partial charge in [0.15, 0.2) is 0 Å². The van der Waals surface area contributed by atoms with E-state index in [2.05, 4.69) is 5.32 Å². The molecule has 0 radical (unpaired) electrons. The van der Waals surface area contributed by atoms with Crippen molar-refractivity contribution in [1.29, 1.82) is 0 Å². The van der Waals surface area contributed by atoms with Crippen molar-refractivity contribution in [2.45, 2.75) is 13.8 Å². The summed E-state index contributed by atoms with van der Waals surface area (Å²) in [6.07, 6.45) is 1.49. The van der Waals surface area contributed by atoms with Gasteiger partial charge in [-0.2, -0.15) is 0 Å². The highest BCUT2D eigenvalue weighted by atomic mass is 16.5. The zero-order valence-electron chi connectivity index (χ0n) is 14.4. The molecule has 3 amide bonds. The van der Waals surface area contributed by atoms with Crippen LogP contribution in [-0.2, 0) is 9.53 Å². The molecule has 26 heavy (non-hydrogen) atoms. The number of benzene rings is 1. The minimum atomic E-state index is -0.440. The predicted octanol–water partition coefficient (Wildman–Crippen LogP) is 3.04. The zero-order chi connectivity index (χ0) is 18.7. The maximum Gasteiger partial charge on any atom is 0.338 e. The van der Waals surface area contributed by atoms with E-state index < -0.39 is 6.03 Å². The number of furan rings is 1. The van der Waals surface area contributed by atoms with E-state index in [0.29, 0.717) is 30.2 Å². The van der Waals surface area contributed by atoms with Gasteiger partial charge in [0.1, 0.15) is 17.2 Å². The average molecular weight is 354 g/mol. The van der Waals surface area contributed by atoms with Crippen molar-refractivity contribution in [3.63, 3.8) is 0 Å². The van der Waals surface area contributed by atoms with E-state index in [1.807, 2.05) is 0 Å². The highest BCUT2D eigenvalue weighted by molar-refractivity contribution is 6.13. The summed E-state index contributed by atoms with van der Waals surface area (Å²) >= 11 is 0. The molecule has 0 bridgehead atoms. The Morgan fingerprint density at radius 2 is 1.88 bits per heavy atom. The molecule has 2 aromatic rings. The van der Waals surface area contributed by atoms with Crippen LogP contribution in [-0.4, -0.2) is 36.0 Å². The molecule has 0 spiro atoms. The highest BCUT2D eigenvalue weighted by Gasteiger charge is 2.32. The lowest BCUT2D eigenvalue weighted by Crippen LogP contribution is -2.30. The van der Waals surface area contributed by atoms with Crippen LogP contribution < -0.4 is 5.32 Å². The van der Waals surface area contributed by atoms with Crippen LogP contribution in [0.3, 0.4) is 0 Å². The standard InChI is InChI=1S/C19H18N2O5/c1-3-21-17(22)15(20-19(21)24)11-14-9-10-16(26-14)12-5-7-13(8-6-12)18(23)25-4-2/h5-11H,3-4H2,1-2H3,(H,20,24)/b15-11-. The van der Waals surface area contributed by atoms with Crippen LogP contribution in [0.5, 0.6) is 0 Å². The molecule has 0 atom stereocenters. The number of carbonyl (C=O) groups is 3. The van der Waals surface area contributed by atoms with Crippen molar-refractivity contribution in [2.24, 2.45) is 0 Å². The molecule has 1 N–H and O–H groups in total. The van der Waals surface area contributed by atoms with Crippen molar-refractivity contribution < 1.29 is 23.5 Å². The van der Waals surface area contributed by atoms with Crippen molar-refractivity contribution >= 4 is 24.0 Å². The van der Waals surface area contributed by atoms with E-state index in [9.17, 15) is 14.4 Å². The van der Waals surface area contributed by atoms with Gasteiger partial charge >= 0.3 is 12.0 Å². The summed E-state index contributed by atoms with van der Waals surface area (Å²) in [7, 11) is 0. The molecule has 0 aliphatic carbocycles. The number of nitrogens with one attached hydrogen (secondary N) is 1. The van der Waals surface area contributed by atoms with Gasteiger partial charge in [-0.3, -0.25) is 9.69 Å². The molecule has 2 heterocycles. The van der Waals surface area contributed by atoms with Gasteiger partial charge in [0.2, 0.25) is 0 Å². The highest BCUT2D eigenvalue weighted by Crippen LogP contribution is 2.24. The predicted molar refractivity (Wildman–Crippen MR) is 94.0 cm³/mol. The van der Waals surface area contributed by atoms with Crippen LogP contribution in [0.15, 0.2) is 46.5 Å². The molecule has 0 saturated carbocycles.